The van der Waals surface area contributed by atoms with Crippen molar-refractivity contribution in [2.24, 2.45) is 5.92 Å². The number of carbonyl (C=O) groups is 2. The van der Waals surface area contributed by atoms with Crippen molar-refractivity contribution in [2.75, 3.05) is 6.54 Å². The lowest BCUT2D eigenvalue weighted by Gasteiger charge is -2.31. The van der Waals surface area contributed by atoms with E-state index < -0.39 is 6.04 Å². The van der Waals surface area contributed by atoms with Crippen molar-refractivity contribution in [3.63, 3.8) is 0 Å². The second-order valence-electron chi connectivity index (χ2n) is 8.43. The highest BCUT2D eigenvalue weighted by molar-refractivity contribution is 5.89. The summed E-state index contributed by atoms with van der Waals surface area (Å²) in [5, 5.41) is 11.3. The van der Waals surface area contributed by atoms with Crippen molar-refractivity contribution < 1.29 is 9.59 Å². The summed E-state index contributed by atoms with van der Waals surface area (Å²) in [6.07, 6.45) is 6.00. The molecule has 0 spiro atoms. The van der Waals surface area contributed by atoms with Crippen LogP contribution >= 0.6 is 0 Å². The van der Waals surface area contributed by atoms with E-state index >= 15 is 0 Å². The lowest BCUT2D eigenvalue weighted by molar-refractivity contribution is -0.142. The van der Waals surface area contributed by atoms with Gasteiger partial charge in [0, 0.05) is 30.5 Å². The molecule has 2 aromatic heterocycles. The third kappa shape index (κ3) is 4.90. The van der Waals surface area contributed by atoms with E-state index in [0.29, 0.717) is 18.0 Å². The number of amides is 2. The molecule has 0 bridgehead atoms. The van der Waals surface area contributed by atoms with Crippen LogP contribution in [-0.4, -0.2) is 49.3 Å². The van der Waals surface area contributed by atoms with Crippen LogP contribution < -0.4 is 5.32 Å². The highest BCUT2D eigenvalue weighted by atomic mass is 16.2. The van der Waals surface area contributed by atoms with Crippen molar-refractivity contribution >= 4 is 22.8 Å². The quantitative estimate of drug-likeness (QED) is 0.575. The van der Waals surface area contributed by atoms with Gasteiger partial charge >= 0.3 is 0 Å². The van der Waals surface area contributed by atoms with Gasteiger partial charge in [0.25, 0.3) is 0 Å². The predicted molar refractivity (Wildman–Crippen MR) is 117 cm³/mol. The molecular formula is C23H28N6O2. The minimum atomic E-state index is -0.712. The van der Waals surface area contributed by atoms with Crippen LogP contribution in [0.5, 0.6) is 0 Å². The number of pyridine rings is 1. The van der Waals surface area contributed by atoms with E-state index in [1.807, 2.05) is 30.3 Å². The maximum absolute atomic E-state index is 13.5. The Hall–Kier alpha value is -3.29. The molecular weight excluding hydrogens is 392 g/mol. The number of rotatable bonds is 9. The zero-order valence-electron chi connectivity index (χ0n) is 17.9. The first kappa shape index (κ1) is 21.0. The standard InChI is InChI=1S/C23H28N6O2/c1-16(2)11-13-25-23(31)22(17-6-5-12-24-14-17)29(18-9-10-18)21(30)15-28-20-8-4-3-7-19(20)26-27-28/h3-8,12,14,16,18,22H,9-11,13,15H2,1-2H3,(H,25,31)/t22-/m0/s1. The lowest BCUT2D eigenvalue weighted by Crippen LogP contribution is -2.46. The Kier molecular flexibility index (Phi) is 6.25. The highest BCUT2D eigenvalue weighted by Gasteiger charge is 2.41. The summed E-state index contributed by atoms with van der Waals surface area (Å²) in [4.78, 5) is 32.6. The number of carbonyl (C=O) groups excluding carboxylic acids is 2. The fourth-order valence-corrected chi connectivity index (χ4v) is 3.71. The largest absolute Gasteiger partial charge is 0.354 e. The van der Waals surface area contributed by atoms with E-state index in [4.69, 9.17) is 0 Å². The van der Waals surface area contributed by atoms with Crippen LogP contribution in [0.2, 0.25) is 0 Å². The summed E-state index contributed by atoms with van der Waals surface area (Å²) >= 11 is 0. The molecule has 3 aromatic rings. The zero-order chi connectivity index (χ0) is 21.8. The van der Waals surface area contributed by atoms with Crippen LogP contribution in [0.25, 0.3) is 11.0 Å². The molecule has 1 aliphatic rings. The number of aromatic nitrogens is 4. The fourth-order valence-electron chi connectivity index (χ4n) is 3.71. The average Bonchev–Trinajstić information content (AvgIpc) is 3.52. The van der Waals surface area contributed by atoms with Gasteiger partial charge in [-0.15, -0.1) is 5.10 Å². The van der Waals surface area contributed by atoms with Gasteiger partial charge in [0.05, 0.1) is 5.52 Å². The molecule has 8 heteroatoms. The second-order valence-corrected chi connectivity index (χ2v) is 8.43. The molecule has 1 aromatic carbocycles. The van der Waals surface area contributed by atoms with E-state index in [0.717, 1.165) is 30.3 Å². The van der Waals surface area contributed by atoms with Crippen LogP contribution in [0.4, 0.5) is 0 Å². The summed E-state index contributed by atoms with van der Waals surface area (Å²) in [6.45, 7) is 4.85. The van der Waals surface area contributed by atoms with Gasteiger partial charge in [-0.25, -0.2) is 4.68 Å². The molecule has 162 valence electrons. The Morgan fingerprint density at radius 2 is 2.00 bits per heavy atom. The lowest BCUT2D eigenvalue weighted by atomic mass is 10.1. The molecule has 2 heterocycles. The van der Waals surface area contributed by atoms with Gasteiger partial charge in [0.2, 0.25) is 11.8 Å². The topological polar surface area (TPSA) is 93.0 Å². The first-order chi connectivity index (χ1) is 15.0. The van der Waals surface area contributed by atoms with Crippen LogP contribution in [0.15, 0.2) is 48.8 Å². The van der Waals surface area contributed by atoms with E-state index in [1.165, 1.54) is 0 Å². The SMILES string of the molecule is CC(C)CCNC(=O)[C@H](c1cccnc1)N(C(=O)Cn1nnc2ccccc21)C1CC1. The van der Waals surface area contributed by atoms with Crippen molar-refractivity contribution in [3.8, 4) is 0 Å². The predicted octanol–water partition coefficient (Wildman–Crippen LogP) is 2.72. The molecule has 1 atom stereocenters. The number of para-hydroxylation sites is 1. The van der Waals surface area contributed by atoms with E-state index in [-0.39, 0.29) is 24.4 Å². The van der Waals surface area contributed by atoms with Crippen LogP contribution in [-0.2, 0) is 16.1 Å². The molecule has 4 rings (SSSR count). The Labute approximate surface area is 181 Å². The first-order valence-corrected chi connectivity index (χ1v) is 10.8. The van der Waals surface area contributed by atoms with Crippen molar-refractivity contribution in [1.82, 2.24) is 30.2 Å². The minimum absolute atomic E-state index is 0.0348. The summed E-state index contributed by atoms with van der Waals surface area (Å²) in [5.41, 5.74) is 2.25. The fraction of sp³-hybridized carbons (Fsp3) is 0.435. The molecule has 1 N–H and O–H groups in total. The number of hydrogen-bond donors (Lipinski definition) is 1. The zero-order valence-corrected chi connectivity index (χ0v) is 17.9. The summed E-state index contributed by atoms with van der Waals surface area (Å²) in [6, 6.07) is 10.5. The molecule has 1 aliphatic carbocycles. The second kappa shape index (κ2) is 9.24. The molecule has 31 heavy (non-hydrogen) atoms. The van der Waals surface area contributed by atoms with Crippen LogP contribution in [0, 0.1) is 5.92 Å². The third-order valence-electron chi connectivity index (χ3n) is 5.48. The summed E-state index contributed by atoms with van der Waals surface area (Å²) in [7, 11) is 0. The van der Waals surface area contributed by atoms with E-state index in [2.05, 4.69) is 34.5 Å². The third-order valence-corrected chi connectivity index (χ3v) is 5.48. The number of nitrogens with zero attached hydrogens (tertiary/aromatic N) is 5. The molecule has 0 saturated heterocycles. The van der Waals surface area contributed by atoms with Gasteiger partial charge in [-0.1, -0.05) is 37.3 Å². The van der Waals surface area contributed by atoms with Gasteiger partial charge < -0.3 is 10.2 Å². The molecule has 0 aliphatic heterocycles. The van der Waals surface area contributed by atoms with Gasteiger partial charge in [-0.05, 0) is 43.4 Å². The van der Waals surface area contributed by atoms with Crippen molar-refractivity contribution in [3.05, 3.63) is 54.4 Å². The normalized spacial score (nSPS) is 14.5. The molecule has 0 radical (unpaired) electrons. The maximum Gasteiger partial charge on any atom is 0.247 e. The summed E-state index contributed by atoms with van der Waals surface area (Å²) < 4.78 is 1.60. The Bertz CT molecular complexity index is 1040. The van der Waals surface area contributed by atoms with Crippen LogP contribution in [0.3, 0.4) is 0 Å². The van der Waals surface area contributed by atoms with E-state index in [9.17, 15) is 9.59 Å². The van der Waals surface area contributed by atoms with Gasteiger partial charge in [-0.3, -0.25) is 14.6 Å². The molecule has 2 amide bonds. The molecule has 8 nitrogen and oxygen atoms in total. The number of benzene rings is 1. The molecule has 0 unspecified atom stereocenters. The Morgan fingerprint density at radius 1 is 1.19 bits per heavy atom. The van der Waals surface area contributed by atoms with Crippen LogP contribution in [0.1, 0.15) is 44.7 Å². The maximum atomic E-state index is 13.5. The molecule has 1 fully saturated rings. The summed E-state index contributed by atoms with van der Waals surface area (Å²) in [5.74, 6) is 0.169. The smallest absolute Gasteiger partial charge is 0.247 e. The molecule has 1 saturated carbocycles. The van der Waals surface area contributed by atoms with Gasteiger partial charge in [0.15, 0.2) is 0 Å². The number of hydrogen-bond acceptors (Lipinski definition) is 5. The average molecular weight is 421 g/mol. The Morgan fingerprint density at radius 3 is 2.71 bits per heavy atom. The number of fused-ring (bicyclic) bond motifs is 1. The Balaban J connectivity index is 1.60. The minimum Gasteiger partial charge on any atom is -0.354 e. The van der Waals surface area contributed by atoms with Crippen molar-refractivity contribution in [1.29, 1.82) is 0 Å². The first-order valence-electron chi connectivity index (χ1n) is 10.8. The van der Waals surface area contributed by atoms with Crippen molar-refractivity contribution in [2.45, 2.75) is 51.7 Å². The monoisotopic (exact) mass is 420 g/mol. The van der Waals surface area contributed by atoms with Gasteiger partial charge in [0.1, 0.15) is 18.1 Å². The highest BCUT2D eigenvalue weighted by Crippen LogP contribution is 2.35. The van der Waals surface area contributed by atoms with Gasteiger partial charge in [-0.2, -0.15) is 0 Å². The van der Waals surface area contributed by atoms with E-state index in [1.54, 1.807) is 28.0 Å². The number of nitrogens with one attached hydrogen (secondary N) is 1.